The number of nitrogens with zero attached hydrogens (tertiary/aromatic N) is 1. The molecule has 2 aromatic rings. The number of halogens is 2. The Balaban J connectivity index is 1.38. The smallest absolute Gasteiger partial charge is 0.319 e. The van der Waals surface area contributed by atoms with E-state index >= 15 is 0 Å². The number of benzene rings is 2. The second kappa shape index (κ2) is 10.8. The van der Waals surface area contributed by atoms with Gasteiger partial charge in [-0.15, -0.1) is 0 Å². The molecule has 0 radical (unpaired) electrons. The Hall–Kier alpha value is -2.80. The van der Waals surface area contributed by atoms with Crippen molar-refractivity contribution >= 4 is 29.2 Å². The maximum atomic E-state index is 13.2. The Bertz CT molecular complexity index is 863. The molecule has 2 N–H and O–H groups in total. The van der Waals surface area contributed by atoms with Gasteiger partial charge in [-0.2, -0.15) is 0 Å². The number of hydrogen-bond donors (Lipinski definition) is 2. The highest BCUT2D eigenvalue weighted by molar-refractivity contribution is 6.30. The average Bonchev–Trinajstić information content (AvgIpc) is 2.74. The fourth-order valence-corrected chi connectivity index (χ4v) is 3.51. The first-order chi connectivity index (χ1) is 14.5. The minimum Gasteiger partial charge on any atom is -0.493 e. The van der Waals surface area contributed by atoms with E-state index in [0.29, 0.717) is 49.1 Å². The fourth-order valence-electron chi connectivity index (χ4n) is 3.38. The van der Waals surface area contributed by atoms with Gasteiger partial charge < -0.3 is 20.3 Å². The molecule has 1 unspecified atom stereocenters. The van der Waals surface area contributed by atoms with Crippen molar-refractivity contribution in [1.82, 2.24) is 10.2 Å². The molecule has 2 aromatic carbocycles. The molecule has 6 nitrogen and oxygen atoms in total. The lowest BCUT2D eigenvalue weighted by molar-refractivity contribution is -0.133. The Labute approximate surface area is 180 Å². The van der Waals surface area contributed by atoms with Gasteiger partial charge in [0.1, 0.15) is 11.6 Å². The van der Waals surface area contributed by atoms with E-state index in [-0.39, 0.29) is 17.9 Å². The van der Waals surface area contributed by atoms with Crippen molar-refractivity contribution in [2.24, 2.45) is 5.92 Å². The van der Waals surface area contributed by atoms with Crippen LogP contribution in [0.1, 0.15) is 19.3 Å². The van der Waals surface area contributed by atoms with Crippen molar-refractivity contribution in [3.05, 3.63) is 59.4 Å². The third kappa shape index (κ3) is 6.91. The number of hydrogen-bond acceptors (Lipinski definition) is 3. The van der Waals surface area contributed by atoms with E-state index in [1.54, 1.807) is 30.3 Å². The van der Waals surface area contributed by atoms with Crippen LogP contribution in [0.3, 0.4) is 0 Å². The molecular formula is C22H25ClFN3O3. The predicted molar refractivity (Wildman–Crippen MR) is 114 cm³/mol. The quantitative estimate of drug-likeness (QED) is 0.683. The first-order valence-corrected chi connectivity index (χ1v) is 10.3. The van der Waals surface area contributed by atoms with E-state index in [1.807, 2.05) is 4.90 Å². The molecule has 3 rings (SSSR count). The number of nitrogens with one attached hydrogen (secondary N) is 2. The summed E-state index contributed by atoms with van der Waals surface area (Å²) in [6.07, 6.45) is 2.12. The zero-order chi connectivity index (χ0) is 21.3. The van der Waals surface area contributed by atoms with Gasteiger partial charge in [-0.05, 0) is 61.2 Å². The van der Waals surface area contributed by atoms with Crippen LogP contribution in [0.5, 0.6) is 5.75 Å². The van der Waals surface area contributed by atoms with Crippen molar-refractivity contribution in [1.29, 1.82) is 0 Å². The summed E-state index contributed by atoms with van der Waals surface area (Å²) in [6, 6.07) is 12.4. The lowest BCUT2D eigenvalue weighted by atomic mass is 9.98. The zero-order valence-corrected chi connectivity index (χ0v) is 17.3. The molecule has 3 amide bonds. The summed E-state index contributed by atoms with van der Waals surface area (Å²) in [5.74, 6) is 0.488. The number of anilines is 1. The van der Waals surface area contributed by atoms with Crippen LogP contribution in [0.2, 0.25) is 5.02 Å². The standard InChI is InChI=1S/C22H25ClFN3O3/c23-17-6-8-20(9-7-17)30-12-10-21(28)27-11-2-3-16(15-27)14-25-22(29)26-19-5-1-4-18(24)13-19/h1,4-9,13,16H,2-3,10-12,14-15H2,(H2,25,26,29). The summed E-state index contributed by atoms with van der Waals surface area (Å²) >= 11 is 5.84. The molecule has 0 aromatic heterocycles. The Morgan fingerprint density at radius 3 is 2.77 bits per heavy atom. The second-order valence-corrected chi connectivity index (χ2v) is 7.68. The van der Waals surface area contributed by atoms with Gasteiger partial charge in [0.05, 0.1) is 13.0 Å². The van der Waals surface area contributed by atoms with Crippen LogP contribution in [-0.4, -0.2) is 43.1 Å². The number of ether oxygens (including phenoxy) is 1. The number of urea groups is 1. The van der Waals surface area contributed by atoms with Gasteiger partial charge in [0, 0.05) is 30.3 Å². The number of amides is 3. The van der Waals surface area contributed by atoms with Gasteiger partial charge >= 0.3 is 6.03 Å². The van der Waals surface area contributed by atoms with E-state index in [0.717, 1.165) is 12.8 Å². The SMILES string of the molecule is O=C(NCC1CCCN(C(=O)CCOc2ccc(Cl)cc2)C1)Nc1cccc(F)c1. The van der Waals surface area contributed by atoms with Gasteiger partial charge in [-0.1, -0.05) is 17.7 Å². The summed E-state index contributed by atoms with van der Waals surface area (Å²) in [5, 5.41) is 6.05. The summed E-state index contributed by atoms with van der Waals surface area (Å²) in [4.78, 5) is 26.3. The Morgan fingerprint density at radius 2 is 2.00 bits per heavy atom. The third-order valence-electron chi connectivity index (χ3n) is 4.90. The van der Waals surface area contributed by atoms with Crippen molar-refractivity contribution in [3.8, 4) is 5.75 Å². The van der Waals surface area contributed by atoms with Crippen LogP contribution in [0.25, 0.3) is 0 Å². The van der Waals surface area contributed by atoms with Crippen LogP contribution >= 0.6 is 11.6 Å². The maximum Gasteiger partial charge on any atom is 0.319 e. The predicted octanol–water partition coefficient (Wildman–Crippen LogP) is 4.31. The maximum absolute atomic E-state index is 13.2. The number of likely N-dealkylation sites (tertiary alicyclic amines) is 1. The minimum absolute atomic E-state index is 0.0397. The Morgan fingerprint density at radius 1 is 1.20 bits per heavy atom. The fraction of sp³-hybridized carbons (Fsp3) is 0.364. The summed E-state index contributed by atoms with van der Waals surface area (Å²) in [6.45, 7) is 2.06. The topological polar surface area (TPSA) is 70.7 Å². The van der Waals surface area contributed by atoms with Gasteiger partial charge in [-0.3, -0.25) is 4.79 Å². The monoisotopic (exact) mass is 433 g/mol. The van der Waals surface area contributed by atoms with Crippen LogP contribution in [0.15, 0.2) is 48.5 Å². The molecule has 30 heavy (non-hydrogen) atoms. The molecular weight excluding hydrogens is 409 g/mol. The molecule has 8 heteroatoms. The minimum atomic E-state index is -0.408. The first kappa shape index (κ1) is 21.9. The second-order valence-electron chi connectivity index (χ2n) is 7.25. The van der Waals surface area contributed by atoms with E-state index in [4.69, 9.17) is 16.3 Å². The Kier molecular flexibility index (Phi) is 7.90. The van der Waals surface area contributed by atoms with E-state index in [2.05, 4.69) is 10.6 Å². The lowest BCUT2D eigenvalue weighted by Crippen LogP contribution is -2.44. The molecule has 1 fully saturated rings. The molecule has 1 aliphatic rings. The van der Waals surface area contributed by atoms with Crippen LogP contribution < -0.4 is 15.4 Å². The molecule has 1 heterocycles. The molecule has 0 aliphatic carbocycles. The number of piperidine rings is 1. The highest BCUT2D eigenvalue weighted by Gasteiger charge is 2.23. The third-order valence-corrected chi connectivity index (χ3v) is 5.16. The summed E-state index contributed by atoms with van der Waals surface area (Å²) < 4.78 is 18.8. The van der Waals surface area contributed by atoms with Crippen LogP contribution in [0.4, 0.5) is 14.9 Å². The van der Waals surface area contributed by atoms with Crippen molar-refractivity contribution < 1.29 is 18.7 Å². The van der Waals surface area contributed by atoms with Crippen LogP contribution in [0, 0.1) is 11.7 Å². The molecule has 0 saturated carbocycles. The molecule has 0 bridgehead atoms. The number of carbonyl (C=O) groups excluding carboxylic acids is 2. The van der Waals surface area contributed by atoms with Crippen LogP contribution in [-0.2, 0) is 4.79 Å². The molecule has 160 valence electrons. The van der Waals surface area contributed by atoms with E-state index in [1.165, 1.54) is 18.2 Å². The lowest BCUT2D eigenvalue weighted by Gasteiger charge is -2.33. The average molecular weight is 434 g/mol. The normalized spacial score (nSPS) is 16.1. The molecule has 1 saturated heterocycles. The van der Waals surface area contributed by atoms with E-state index in [9.17, 15) is 14.0 Å². The summed E-state index contributed by atoms with van der Waals surface area (Å²) in [7, 11) is 0. The summed E-state index contributed by atoms with van der Waals surface area (Å²) in [5.41, 5.74) is 0.397. The molecule has 1 atom stereocenters. The van der Waals surface area contributed by atoms with Crippen molar-refractivity contribution in [2.45, 2.75) is 19.3 Å². The molecule has 1 aliphatic heterocycles. The van der Waals surface area contributed by atoms with Gasteiger partial charge in [0.25, 0.3) is 0 Å². The highest BCUT2D eigenvalue weighted by atomic mass is 35.5. The van der Waals surface area contributed by atoms with Gasteiger partial charge in [0.15, 0.2) is 0 Å². The highest BCUT2D eigenvalue weighted by Crippen LogP contribution is 2.18. The number of carbonyl (C=O) groups is 2. The largest absolute Gasteiger partial charge is 0.493 e. The zero-order valence-electron chi connectivity index (χ0n) is 16.6. The van der Waals surface area contributed by atoms with Gasteiger partial charge in [-0.25, -0.2) is 9.18 Å². The number of rotatable bonds is 7. The van der Waals surface area contributed by atoms with E-state index < -0.39 is 5.82 Å². The van der Waals surface area contributed by atoms with Crippen molar-refractivity contribution in [3.63, 3.8) is 0 Å². The van der Waals surface area contributed by atoms with Gasteiger partial charge in [0.2, 0.25) is 5.91 Å². The molecule has 0 spiro atoms. The first-order valence-electron chi connectivity index (χ1n) is 9.96. The van der Waals surface area contributed by atoms with Crippen molar-refractivity contribution in [2.75, 3.05) is 31.6 Å².